The molecule has 2 aromatic rings. The van der Waals surface area contributed by atoms with E-state index >= 15 is 0 Å². The molecule has 2 aromatic heterocycles. The fourth-order valence-corrected chi connectivity index (χ4v) is 4.97. The number of hydrogen-bond donors (Lipinski definition) is 1. The Hall–Kier alpha value is -2.78. The monoisotopic (exact) mass is 410 g/mol. The molecule has 0 aliphatic carbocycles. The Kier molecular flexibility index (Phi) is 5.00. The van der Waals surface area contributed by atoms with Crippen LogP contribution in [0.1, 0.15) is 18.0 Å². The number of anilines is 1. The number of pyridine rings is 1. The Morgan fingerprint density at radius 2 is 1.97 bits per heavy atom. The summed E-state index contributed by atoms with van der Waals surface area (Å²) in [6.07, 6.45) is 2.45. The van der Waals surface area contributed by atoms with Gasteiger partial charge in [0.2, 0.25) is 5.91 Å². The number of amides is 1. The molecule has 30 heavy (non-hydrogen) atoms. The van der Waals surface area contributed by atoms with Gasteiger partial charge in [0.15, 0.2) is 0 Å². The number of fused-ring (bicyclic) bond motifs is 4. The molecule has 1 amide bonds. The van der Waals surface area contributed by atoms with Gasteiger partial charge in [-0.25, -0.2) is 9.97 Å². The molecule has 0 spiro atoms. The molecule has 0 radical (unpaired) electrons. The van der Waals surface area contributed by atoms with E-state index in [4.69, 9.17) is 10.5 Å². The van der Waals surface area contributed by atoms with Gasteiger partial charge in [0.1, 0.15) is 12.1 Å². The van der Waals surface area contributed by atoms with Crippen molar-refractivity contribution >= 4 is 11.7 Å². The van der Waals surface area contributed by atoms with Crippen LogP contribution < -0.4 is 11.3 Å². The molecule has 2 atom stereocenters. The van der Waals surface area contributed by atoms with Gasteiger partial charge in [0.05, 0.1) is 25.5 Å². The van der Waals surface area contributed by atoms with Crippen molar-refractivity contribution in [1.29, 1.82) is 0 Å². The van der Waals surface area contributed by atoms with E-state index in [9.17, 15) is 9.59 Å². The molecule has 9 heteroatoms. The highest BCUT2D eigenvalue weighted by Gasteiger charge is 2.36. The lowest BCUT2D eigenvalue weighted by Crippen LogP contribution is -2.51. The maximum Gasteiger partial charge on any atom is 0.251 e. The number of ether oxygens (including phenoxy) is 1. The summed E-state index contributed by atoms with van der Waals surface area (Å²) in [6, 6.07) is 5.37. The Morgan fingerprint density at radius 3 is 2.77 bits per heavy atom. The molecular formula is C21H26N6O3. The molecule has 5 rings (SSSR count). The first kappa shape index (κ1) is 19.2. The molecule has 2 fully saturated rings. The third-order valence-electron chi connectivity index (χ3n) is 6.34. The molecule has 0 saturated carbocycles. The number of hydrogen-bond acceptors (Lipinski definition) is 7. The summed E-state index contributed by atoms with van der Waals surface area (Å²) in [6.45, 7) is 5.32. The first-order valence-corrected chi connectivity index (χ1v) is 10.5. The minimum Gasteiger partial charge on any atom is -0.384 e. The molecular weight excluding hydrogens is 384 g/mol. The van der Waals surface area contributed by atoms with Gasteiger partial charge in [-0.2, -0.15) is 0 Å². The summed E-state index contributed by atoms with van der Waals surface area (Å²) >= 11 is 0. The topological polar surface area (TPSA) is 107 Å². The van der Waals surface area contributed by atoms with Gasteiger partial charge in [-0.05, 0) is 18.4 Å². The van der Waals surface area contributed by atoms with E-state index in [2.05, 4.69) is 20.9 Å². The van der Waals surface area contributed by atoms with Crippen LogP contribution in [0.25, 0.3) is 11.3 Å². The number of rotatable bonds is 3. The van der Waals surface area contributed by atoms with Crippen molar-refractivity contribution in [3.8, 4) is 11.3 Å². The standard InChI is InChI=1S/C21H26N6O3/c22-19-8-17(23-13-24-19)15-6-18-16-5-14(10-27(18)20(28)7-15)9-25(11-16)12-21(29)26-1-3-30-4-2-26/h6-8,13-14,16H,1-5,9-12H2,(H2,22,23,24)/t14-,16+/m0/s1. The number of nitrogens with two attached hydrogens (primary N) is 1. The van der Waals surface area contributed by atoms with E-state index in [0.29, 0.717) is 56.8 Å². The number of piperidine rings is 1. The van der Waals surface area contributed by atoms with Crippen LogP contribution in [0.15, 0.2) is 29.3 Å². The van der Waals surface area contributed by atoms with Crippen LogP contribution in [0.2, 0.25) is 0 Å². The Labute approximate surface area is 174 Å². The number of nitrogen functional groups attached to an aromatic ring is 1. The Balaban J connectivity index is 1.38. The van der Waals surface area contributed by atoms with Crippen LogP contribution in [-0.4, -0.2) is 76.2 Å². The first-order valence-electron chi connectivity index (χ1n) is 10.5. The lowest BCUT2D eigenvalue weighted by molar-refractivity contribution is -0.137. The minimum absolute atomic E-state index is 0.00720. The molecule has 2 saturated heterocycles. The fourth-order valence-electron chi connectivity index (χ4n) is 4.97. The molecule has 2 bridgehead atoms. The summed E-state index contributed by atoms with van der Waals surface area (Å²) in [7, 11) is 0. The maximum absolute atomic E-state index is 12.8. The van der Waals surface area contributed by atoms with Crippen LogP contribution >= 0.6 is 0 Å². The highest BCUT2D eigenvalue weighted by molar-refractivity contribution is 5.78. The minimum atomic E-state index is -0.00720. The maximum atomic E-state index is 12.8. The van der Waals surface area contributed by atoms with Crippen LogP contribution in [0.3, 0.4) is 0 Å². The molecule has 3 aliphatic rings. The number of likely N-dealkylation sites (tertiary alicyclic amines) is 1. The van der Waals surface area contributed by atoms with Crippen LogP contribution in [0, 0.1) is 5.92 Å². The van der Waals surface area contributed by atoms with Crippen LogP contribution in [-0.2, 0) is 16.1 Å². The van der Waals surface area contributed by atoms with Crippen LogP contribution in [0.4, 0.5) is 5.82 Å². The van der Waals surface area contributed by atoms with Gasteiger partial charge >= 0.3 is 0 Å². The first-order chi connectivity index (χ1) is 14.6. The predicted octanol–water partition coefficient (Wildman–Crippen LogP) is 0.165. The molecule has 3 aliphatic heterocycles. The number of nitrogens with zero attached hydrogens (tertiary/aromatic N) is 5. The second-order valence-electron chi connectivity index (χ2n) is 8.43. The SMILES string of the molecule is Nc1cc(-c2cc3n(c(=O)c2)C[C@H]2C[C@@H]3CN(CC(=O)N3CCOCC3)C2)ncn1. The zero-order valence-corrected chi connectivity index (χ0v) is 16.9. The van der Waals surface area contributed by atoms with E-state index in [1.54, 1.807) is 12.1 Å². The third kappa shape index (κ3) is 3.70. The van der Waals surface area contributed by atoms with Crippen molar-refractivity contribution in [2.75, 3.05) is 51.7 Å². The Morgan fingerprint density at radius 1 is 1.13 bits per heavy atom. The van der Waals surface area contributed by atoms with Crippen LogP contribution in [0.5, 0.6) is 0 Å². The zero-order valence-electron chi connectivity index (χ0n) is 16.9. The second kappa shape index (κ2) is 7.81. The lowest BCUT2D eigenvalue weighted by atomic mass is 9.82. The molecule has 2 N–H and O–H groups in total. The van der Waals surface area contributed by atoms with Gasteiger partial charge in [0.25, 0.3) is 5.56 Å². The van der Waals surface area contributed by atoms with Gasteiger partial charge < -0.3 is 19.9 Å². The third-order valence-corrected chi connectivity index (χ3v) is 6.34. The highest BCUT2D eigenvalue weighted by Crippen LogP contribution is 2.36. The molecule has 158 valence electrons. The van der Waals surface area contributed by atoms with E-state index < -0.39 is 0 Å². The average Bonchev–Trinajstić information content (AvgIpc) is 2.75. The van der Waals surface area contributed by atoms with E-state index in [1.807, 2.05) is 9.47 Å². The summed E-state index contributed by atoms with van der Waals surface area (Å²) in [4.78, 5) is 37.9. The molecule has 0 unspecified atom stereocenters. The summed E-state index contributed by atoms with van der Waals surface area (Å²) < 4.78 is 7.25. The smallest absolute Gasteiger partial charge is 0.251 e. The number of aromatic nitrogens is 3. The van der Waals surface area contributed by atoms with Crippen molar-refractivity contribution < 1.29 is 9.53 Å². The lowest BCUT2D eigenvalue weighted by Gasteiger charge is -2.43. The molecule has 0 aromatic carbocycles. The predicted molar refractivity (Wildman–Crippen MR) is 111 cm³/mol. The van der Waals surface area contributed by atoms with Crippen molar-refractivity contribution in [3.63, 3.8) is 0 Å². The Bertz CT molecular complexity index is 1020. The number of carbonyl (C=O) groups excluding carboxylic acids is 1. The average molecular weight is 410 g/mol. The summed E-state index contributed by atoms with van der Waals surface area (Å²) in [5.74, 6) is 1.15. The summed E-state index contributed by atoms with van der Waals surface area (Å²) in [5, 5.41) is 0. The molecule has 9 nitrogen and oxygen atoms in total. The normalized spacial score (nSPS) is 23.8. The largest absolute Gasteiger partial charge is 0.384 e. The molecule has 5 heterocycles. The second-order valence-corrected chi connectivity index (χ2v) is 8.43. The number of morpholine rings is 1. The number of carbonyl (C=O) groups is 1. The summed E-state index contributed by atoms with van der Waals surface area (Å²) in [5.41, 5.74) is 8.23. The van der Waals surface area contributed by atoms with Gasteiger partial charge in [-0.3, -0.25) is 14.5 Å². The van der Waals surface area contributed by atoms with Crippen molar-refractivity contribution in [2.24, 2.45) is 5.92 Å². The van der Waals surface area contributed by atoms with Crippen molar-refractivity contribution in [2.45, 2.75) is 18.9 Å². The van der Waals surface area contributed by atoms with E-state index in [-0.39, 0.29) is 17.4 Å². The van der Waals surface area contributed by atoms with Gasteiger partial charge in [0, 0.05) is 62.0 Å². The van der Waals surface area contributed by atoms with E-state index in [0.717, 1.165) is 30.8 Å². The quantitative estimate of drug-likeness (QED) is 0.768. The highest BCUT2D eigenvalue weighted by atomic mass is 16.5. The van der Waals surface area contributed by atoms with Crippen molar-refractivity contribution in [3.05, 3.63) is 40.6 Å². The van der Waals surface area contributed by atoms with E-state index in [1.165, 1.54) is 6.33 Å². The van der Waals surface area contributed by atoms with Gasteiger partial charge in [-0.1, -0.05) is 0 Å². The zero-order chi connectivity index (χ0) is 20.7. The fraction of sp³-hybridized carbons (Fsp3) is 0.524. The van der Waals surface area contributed by atoms with Crippen molar-refractivity contribution in [1.82, 2.24) is 24.3 Å². The van der Waals surface area contributed by atoms with Gasteiger partial charge in [-0.15, -0.1) is 0 Å².